The Morgan fingerprint density at radius 3 is 2.48 bits per heavy atom. The summed E-state index contributed by atoms with van der Waals surface area (Å²) in [5.74, 6) is 0. The van der Waals surface area contributed by atoms with E-state index in [9.17, 15) is 13.5 Å². The van der Waals surface area contributed by atoms with E-state index in [-0.39, 0.29) is 11.3 Å². The molecule has 0 aliphatic carbocycles. The summed E-state index contributed by atoms with van der Waals surface area (Å²) in [6.45, 7) is 0. The Bertz CT molecular complexity index is 757. The number of sulfone groups is 1. The predicted octanol–water partition coefficient (Wildman–Crippen LogP) is 3.67. The highest BCUT2D eigenvalue weighted by atomic mass is 35.5. The number of aliphatic hydroxyl groups is 1. The van der Waals surface area contributed by atoms with Crippen molar-refractivity contribution in [1.82, 2.24) is 0 Å². The highest BCUT2D eigenvalue weighted by Gasteiger charge is 2.15. The van der Waals surface area contributed by atoms with Gasteiger partial charge in [-0.1, -0.05) is 47.5 Å². The van der Waals surface area contributed by atoms with Crippen molar-refractivity contribution >= 4 is 33.0 Å². The largest absolute Gasteiger partial charge is 0.388 e. The third-order valence-electron chi connectivity index (χ3n) is 3.12. The fourth-order valence-corrected chi connectivity index (χ4v) is 3.06. The summed E-state index contributed by atoms with van der Waals surface area (Å²) >= 11 is 12.0. The number of hydrogen-bond acceptors (Lipinski definition) is 3. The zero-order valence-electron chi connectivity index (χ0n) is 11.3. The van der Waals surface area contributed by atoms with Crippen LogP contribution >= 0.6 is 23.2 Å². The molecule has 0 amide bonds. The summed E-state index contributed by atoms with van der Waals surface area (Å²) < 4.78 is 23.1. The monoisotopic (exact) mass is 344 g/mol. The number of halogens is 2. The first-order valence-electron chi connectivity index (χ1n) is 6.20. The van der Waals surface area contributed by atoms with Crippen molar-refractivity contribution in [3.05, 3.63) is 63.6 Å². The molecule has 0 bridgehead atoms. The van der Waals surface area contributed by atoms with Gasteiger partial charge in [-0.2, -0.15) is 0 Å². The van der Waals surface area contributed by atoms with Gasteiger partial charge in [-0.3, -0.25) is 0 Å². The average molecular weight is 345 g/mol. The Morgan fingerprint density at radius 1 is 1.14 bits per heavy atom. The van der Waals surface area contributed by atoms with E-state index in [0.29, 0.717) is 21.2 Å². The molecule has 0 saturated heterocycles. The fourth-order valence-electron chi connectivity index (χ4n) is 1.98. The topological polar surface area (TPSA) is 54.4 Å². The molecule has 0 heterocycles. The average Bonchev–Trinajstić information content (AvgIpc) is 2.43. The van der Waals surface area contributed by atoms with Crippen LogP contribution in [-0.2, 0) is 16.3 Å². The number of hydrogen-bond donors (Lipinski definition) is 1. The maximum absolute atomic E-state index is 11.5. The van der Waals surface area contributed by atoms with Gasteiger partial charge in [-0.05, 0) is 29.3 Å². The lowest BCUT2D eigenvalue weighted by atomic mass is 10.0. The van der Waals surface area contributed by atoms with Crippen LogP contribution in [0, 0.1) is 0 Å². The summed E-state index contributed by atoms with van der Waals surface area (Å²) in [5, 5.41) is 11.1. The van der Waals surface area contributed by atoms with E-state index in [4.69, 9.17) is 23.2 Å². The van der Waals surface area contributed by atoms with E-state index in [1.54, 1.807) is 30.3 Å². The minimum atomic E-state index is -3.30. The third kappa shape index (κ3) is 3.98. The summed E-state index contributed by atoms with van der Waals surface area (Å²) in [6, 6.07) is 11.5. The Kier molecular flexibility index (Phi) is 4.94. The highest BCUT2D eigenvalue weighted by molar-refractivity contribution is 7.90. The fraction of sp³-hybridized carbons (Fsp3) is 0.200. The molecular weight excluding hydrogens is 331 g/mol. The van der Waals surface area contributed by atoms with E-state index >= 15 is 0 Å². The molecule has 1 atom stereocenters. The Hall–Kier alpha value is -1.07. The lowest BCUT2D eigenvalue weighted by Crippen LogP contribution is -2.05. The quantitative estimate of drug-likeness (QED) is 0.920. The van der Waals surface area contributed by atoms with E-state index in [0.717, 1.165) is 6.26 Å². The van der Waals surface area contributed by atoms with Crippen molar-refractivity contribution < 1.29 is 13.5 Å². The lowest BCUT2D eigenvalue weighted by Gasteiger charge is -2.13. The zero-order valence-corrected chi connectivity index (χ0v) is 13.6. The van der Waals surface area contributed by atoms with Crippen molar-refractivity contribution in [2.45, 2.75) is 17.4 Å². The highest BCUT2D eigenvalue weighted by Crippen LogP contribution is 2.29. The summed E-state index contributed by atoms with van der Waals surface area (Å²) in [6.07, 6.45) is 0.529. The van der Waals surface area contributed by atoms with Gasteiger partial charge in [0.05, 0.1) is 21.0 Å². The molecule has 6 heteroatoms. The van der Waals surface area contributed by atoms with Gasteiger partial charge in [0.15, 0.2) is 9.84 Å². The predicted molar refractivity (Wildman–Crippen MR) is 84.7 cm³/mol. The number of aliphatic hydroxyl groups excluding tert-OH is 1. The van der Waals surface area contributed by atoms with Crippen molar-refractivity contribution in [3.8, 4) is 0 Å². The minimum absolute atomic E-state index is 0.177. The molecule has 2 aromatic carbocycles. The van der Waals surface area contributed by atoms with Crippen LogP contribution in [0.25, 0.3) is 0 Å². The second-order valence-electron chi connectivity index (χ2n) is 4.78. The van der Waals surface area contributed by atoms with Gasteiger partial charge < -0.3 is 5.11 Å². The maximum atomic E-state index is 11.5. The maximum Gasteiger partial charge on any atom is 0.175 e. The van der Waals surface area contributed by atoms with Gasteiger partial charge in [-0.25, -0.2) is 8.42 Å². The molecule has 0 aliphatic heterocycles. The first-order valence-corrected chi connectivity index (χ1v) is 8.85. The van der Waals surface area contributed by atoms with Crippen LogP contribution in [0.2, 0.25) is 10.0 Å². The van der Waals surface area contributed by atoms with Crippen LogP contribution in [0.5, 0.6) is 0 Å². The minimum Gasteiger partial charge on any atom is -0.388 e. The molecule has 0 radical (unpaired) electrons. The van der Waals surface area contributed by atoms with Gasteiger partial charge in [0.2, 0.25) is 0 Å². The molecule has 0 aliphatic rings. The van der Waals surface area contributed by atoms with Gasteiger partial charge in [0.25, 0.3) is 0 Å². The van der Waals surface area contributed by atoms with Crippen molar-refractivity contribution in [2.75, 3.05) is 6.26 Å². The van der Waals surface area contributed by atoms with E-state index in [2.05, 4.69) is 0 Å². The van der Waals surface area contributed by atoms with Crippen LogP contribution in [-0.4, -0.2) is 19.8 Å². The molecule has 112 valence electrons. The molecule has 0 aromatic heterocycles. The van der Waals surface area contributed by atoms with Crippen molar-refractivity contribution in [2.24, 2.45) is 0 Å². The van der Waals surface area contributed by atoms with E-state index < -0.39 is 15.9 Å². The van der Waals surface area contributed by atoms with Crippen LogP contribution < -0.4 is 0 Å². The molecule has 3 nitrogen and oxygen atoms in total. The molecule has 1 unspecified atom stereocenters. The Morgan fingerprint density at radius 2 is 1.81 bits per heavy atom. The van der Waals surface area contributed by atoms with Gasteiger partial charge in [-0.15, -0.1) is 0 Å². The molecule has 21 heavy (non-hydrogen) atoms. The molecule has 2 rings (SSSR count). The molecule has 0 saturated carbocycles. The number of benzene rings is 2. The second kappa shape index (κ2) is 6.36. The third-order valence-corrected chi connectivity index (χ3v) is 5.08. The Balaban J connectivity index is 2.29. The zero-order chi connectivity index (χ0) is 15.6. The molecule has 0 spiro atoms. The van der Waals surface area contributed by atoms with Crippen molar-refractivity contribution in [1.29, 1.82) is 0 Å². The summed E-state index contributed by atoms with van der Waals surface area (Å²) in [5.41, 5.74) is 1.23. The van der Waals surface area contributed by atoms with Crippen LogP contribution in [0.4, 0.5) is 0 Å². The van der Waals surface area contributed by atoms with Crippen LogP contribution in [0.1, 0.15) is 17.2 Å². The summed E-state index contributed by atoms with van der Waals surface area (Å²) in [7, 11) is -3.30. The SMILES string of the molecule is CS(=O)(=O)c1cccc(C(O)Cc2cccc(Cl)c2Cl)c1. The smallest absolute Gasteiger partial charge is 0.175 e. The Labute approximate surface area is 134 Å². The summed E-state index contributed by atoms with van der Waals surface area (Å²) in [4.78, 5) is 0.177. The normalized spacial score (nSPS) is 13.1. The second-order valence-corrected chi connectivity index (χ2v) is 7.58. The lowest BCUT2D eigenvalue weighted by molar-refractivity contribution is 0.178. The van der Waals surface area contributed by atoms with Crippen molar-refractivity contribution in [3.63, 3.8) is 0 Å². The standard InChI is InChI=1S/C15H14Cl2O3S/c1-21(19,20)12-6-2-4-10(8-12)14(18)9-11-5-3-7-13(16)15(11)17/h2-8,14,18H,9H2,1H3. The molecule has 0 fully saturated rings. The van der Waals surface area contributed by atoms with Gasteiger partial charge >= 0.3 is 0 Å². The first-order chi connectivity index (χ1) is 9.79. The van der Waals surface area contributed by atoms with Crippen LogP contribution in [0.15, 0.2) is 47.4 Å². The van der Waals surface area contributed by atoms with Gasteiger partial charge in [0, 0.05) is 12.7 Å². The molecule has 1 N–H and O–H groups in total. The molecule has 2 aromatic rings. The van der Waals surface area contributed by atoms with Gasteiger partial charge in [0.1, 0.15) is 0 Å². The van der Waals surface area contributed by atoms with E-state index in [1.165, 1.54) is 12.1 Å². The first kappa shape index (κ1) is 16.3. The molecular formula is C15H14Cl2O3S. The van der Waals surface area contributed by atoms with E-state index in [1.807, 2.05) is 0 Å². The van der Waals surface area contributed by atoms with Crippen LogP contribution in [0.3, 0.4) is 0 Å². The number of rotatable bonds is 4.